The lowest BCUT2D eigenvalue weighted by Crippen LogP contribution is -2.63. The molecule has 0 saturated carbocycles. The molecule has 2 aromatic rings. The van der Waals surface area contributed by atoms with Crippen LogP contribution in [0.15, 0.2) is 71.9 Å². The molecule has 2 aliphatic heterocycles. The van der Waals surface area contributed by atoms with E-state index in [1.54, 1.807) is 6.20 Å². The Kier molecular flexibility index (Phi) is 8.63. The van der Waals surface area contributed by atoms with Crippen LogP contribution in [0, 0.1) is 5.92 Å². The number of rotatable bonds is 8. The molecule has 0 bridgehead atoms. The maximum atomic E-state index is 14.4. The van der Waals surface area contributed by atoms with Crippen molar-refractivity contribution in [1.82, 2.24) is 14.9 Å². The van der Waals surface area contributed by atoms with Gasteiger partial charge in [0, 0.05) is 36.8 Å². The number of hydrogen-bond donors (Lipinski definition) is 0. The minimum atomic E-state index is -1.03. The molecule has 2 atom stereocenters. The van der Waals surface area contributed by atoms with E-state index in [-0.39, 0.29) is 28.8 Å². The van der Waals surface area contributed by atoms with Crippen molar-refractivity contribution in [2.24, 2.45) is 10.9 Å². The summed E-state index contributed by atoms with van der Waals surface area (Å²) in [5, 5.41) is 2.94. The maximum absolute atomic E-state index is 14.4. The first-order valence-electron chi connectivity index (χ1n) is 13.4. The van der Waals surface area contributed by atoms with Crippen LogP contribution >= 0.6 is 11.8 Å². The fourth-order valence-corrected chi connectivity index (χ4v) is 6.06. The van der Waals surface area contributed by atoms with Crippen molar-refractivity contribution in [2.75, 3.05) is 6.54 Å². The summed E-state index contributed by atoms with van der Waals surface area (Å²) in [6.07, 6.45) is 1.81. The number of hydrogen-bond acceptors (Lipinski definition) is 6. The molecular weight excluding hydrogens is 524 g/mol. The molecule has 0 aromatic heterocycles. The third-order valence-electron chi connectivity index (χ3n) is 6.91. The first kappa shape index (κ1) is 29.3. The largest absolute Gasteiger partial charge is 0.304 e. The third kappa shape index (κ3) is 6.04. The molecule has 2 aliphatic rings. The monoisotopic (exact) mass is 560 g/mol. The van der Waals surface area contributed by atoms with Gasteiger partial charge in [0.25, 0.3) is 5.91 Å². The zero-order chi connectivity index (χ0) is 29.2. The van der Waals surface area contributed by atoms with Gasteiger partial charge in [-0.2, -0.15) is 0 Å². The second-order valence-corrected chi connectivity index (χ2v) is 12.8. The van der Waals surface area contributed by atoms with Crippen molar-refractivity contribution in [3.05, 3.63) is 78.0 Å². The van der Waals surface area contributed by atoms with Crippen molar-refractivity contribution in [3.8, 4) is 0 Å². The van der Waals surface area contributed by atoms with Crippen LogP contribution in [-0.2, 0) is 25.6 Å². The van der Waals surface area contributed by atoms with Crippen LogP contribution in [0.25, 0.3) is 5.70 Å². The van der Waals surface area contributed by atoms with Crippen LogP contribution in [-0.4, -0.2) is 66.8 Å². The van der Waals surface area contributed by atoms with Gasteiger partial charge in [-0.3, -0.25) is 24.2 Å². The molecule has 40 heavy (non-hydrogen) atoms. The summed E-state index contributed by atoms with van der Waals surface area (Å²) >= 11 is 1.39. The van der Waals surface area contributed by atoms with E-state index in [1.165, 1.54) is 40.5 Å². The zero-order valence-corrected chi connectivity index (χ0v) is 24.6. The standard InChI is InChI=1S/C31H36N4O4S/c1-20(2)27-30(39)35(26(18-33(27)21(3)36)24-15-11-8-12-16-24)34(22(4)37)25(17-23-13-9-7-10-14-23)28(38)29-32-19-31(5,6)40-29/h7-16,18,20,25,27H,17,19H2,1-6H3/t25-,27?/m0/s1. The SMILES string of the molecule is CC(=O)N1C=C(c2ccccc2)N(N(C(C)=O)[C@@H](Cc2ccccc2)C(=O)C2=NCC(C)(C)S2)C(=O)C1C(C)C. The maximum Gasteiger partial charge on any atom is 0.269 e. The van der Waals surface area contributed by atoms with E-state index >= 15 is 0 Å². The van der Waals surface area contributed by atoms with E-state index in [9.17, 15) is 19.2 Å². The van der Waals surface area contributed by atoms with Gasteiger partial charge in [-0.25, -0.2) is 10.0 Å². The normalized spacial score (nSPS) is 19.3. The highest BCUT2D eigenvalue weighted by Gasteiger charge is 2.47. The van der Waals surface area contributed by atoms with Crippen LogP contribution in [0.4, 0.5) is 0 Å². The number of ketones is 1. The molecule has 1 unspecified atom stereocenters. The summed E-state index contributed by atoms with van der Waals surface area (Å²) in [4.78, 5) is 60.8. The fraction of sp³-hybridized carbons (Fsp3) is 0.387. The van der Waals surface area contributed by atoms with E-state index in [4.69, 9.17) is 0 Å². The highest BCUT2D eigenvalue weighted by Crippen LogP contribution is 2.36. The molecule has 3 amide bonds. The second kappa shape index (κ2) is 11.8. The highest BCUT2D eigenvalue weighted by molar-refractivity contribution is 8.17. The van der Waals surface area contributed by atoms with Gasteiger partial charge in [-0.05, 0) is 25.3 Å². The first-order valence-corrected chi connectivity index (χ1v) is 14.2. The second-order valence-electron chi connectivity index (χ2n) is 11.1. The van der Waals surface area contributed by atoms with E-state index < -0.39 is 23.9 Å². The van der Waals surface area contributed by atoms with Gasteiger partial charge >= 0.3 is 0 Å². The Balaban J connectivity index is 1.90. The molecule has 4 rings (SSSR count). The lowest BCUT2D eigenvalue weighted by atomic mass is 9.97. The van der Waals surface area contributed by atoms with Crippen molar-refractivity contribution in [1.29, 1.82) is 0 Å². The molecule has 8 nitrogen and oxygen atoms in total. The Bertz CT molecular complexity index is 1350. The third-order valence-corrected chi connectivity index (χ3v) is 8.12. The number of hydrazine groups is 1. The van der Waals surface area contributed by atoms with Crippen LogP contribution in [0.2, 0.25) is 0 Å². The molecule has 0 fully saturated rings. The smallest absolute Gasteiger partial charge is 0.269 e. The van der Waals surface area contributed by atoms with Crippen molar-refractivity contribution in [3.63, 3.8) is 0 Å². The zero-order valence-electron chi connectivity index (χ0n) is 23.8. The Morgan fingerprint density at radius 2 is 1.62 bits per heavy atom. The summed E-state index contributed by atoms with van der Waals surface area (Å²) in [7, 11) is 0. The molecule has 0 radical (unpaired) electrons. The number of Topliss-reactive ketones (excluding diaryl/α,β-unsaturated/α-hetero) is 1. The number of benzene rings is 2. The number of amides is 3. The van der Waals surface area contributed by atoms with Gasteiger partial charge < -0.3 is 4.90 Å². The Morgan fingerprint density at radius 1 is 1.02 bits per heavy atom. The predicted octanol–water partition coefficient (Wildman–Crippen LogP) is 4.57. The summed E-state index contributed by atoms with van der Waals surface area (Å²) in [6, 6.07) is 16.7. The minimum absolute atomic E-state index is 0.188. The molecular formula is C31H36N4O4S. The van der Waals surface area contributed by atoms with Crippen LogP contribution in [0.1, 0.15) is 52.7 Å². The predicted molar refractivity (Wildman–Crippen MR) is 158 cm³/mol. The molecule has 0 N–H and O–H groups in total. The summed E-state index contributed by atoms with van der Waals surface area (Å²) < 4.78 is -0.246. The Morgan fingerprint density at radius 3 is 2.12 bits per heavy atom. The van der Waals surface area contributed by atoms with Crippen molar-refractivity contribution in [2.45, 2.75) is 64.8 Å². The van der Waals surface area contributed by atoms with E-state index in [0.29, 0.717) is 22.8 Å². The molecule has 0 saturated heterocycles. The molecule has 2 heterocycles. The Hall–Kier alpha value is -3.72. The number of carbonyl (C=O) groups is 4. The number of nitrogens with zero attached hydrogens (tertiary/aromatic N) is 4. The van der Waals surface area contributed by atoms with Gasteiger partial charge in [0.1, 0.15) is 17.1 Å². The summed E-state index contributed by atoms with van der Waals surface area (Å²) in [6.45, 7) is 11.0. The quantitative estimate of drug-likeness (QED) is 0.472. The fourth-order valence-electron chi connectivity index (χ4n) is 5.04. The van der Waals surface area contributed by atoms with Crippen molar-refractivity contribution < 1.29 is 19.2 Å². The van der Waals surface area contributed by atoms with Gasteiger partial charge in [0.05, 0.1) is 12.2 Å². The van der Waals surface area contributed by atoms with Gasteiger partial charge in [-0.15, -0.1) is 0 Å². The van der Waals surface area contributed by atoms with Gasteiger partial charge in [0.2, 0.25) is 17.6 Å². The molecule has 2 aromatic carbocycles. The van der Waals surface area contributed by atoms with Gasteiger partial charge in [0.15, 0.2) is 0 Å². The lowest BCUT2D eigenvalue weighted by molar-refractivity contribution is -0.167. The molecule has 210 valence electrons. The molecule has 9 heteroatoms. The van der Waals surface area contributed by atoms with Crippen LogP contribution in [0.5, 0.6) is 0 Å². The molecule has 0 spiro atoms. The number of carbonyl (C=O) groups excluding carboxylic acids is 4. The number of aliphatic imine (C=N–C) groups is 1. The lowest BCUT2D eigenvalue weighted by Gasteiger charge is -2.46. The summed E-state index contributed by atoms with van der Waals surface area (Å²) in [5.41, 5.74) is 1.82. The van der Waals surface area contributed by atoms with Crippen LogP contribution < -0.4 is 0 Å². The van der Waals surface area contributed by atoms with E-state index in [2.05, 4.69) is 4.99 Å². The first-order chi connectivity index (χ1) is 18.9. The molecule has 0 aliphatic carbocycles. The average Bonchev–Trinajstić information content (AvgIpc) is 3.28. The van der Waals surface area contributed by atoms with E-state index in [1.807, 2.05) is 88.4 Å². The van der Waals surface area contributed by atoms with Crippen LogP contribution in [0.3, 0.4) is 0 Å². The van der Waals surface area contributed by atoms with Gasteiger partial charge in [-0.1, -0.05) is 86.3 Å². The van der Waals surface area contributed by atoms with Crippen molar-refractivity contribution >= 4 is 46.0 Å². The van der Waals surface area contributed by atoms with E-state index in [0.717, 1.165) is 5.56 Å². The average molecular weight is 561 g/mol. The highest BCUT2D eigenvalue weighted by atomic mass is 32.2. The number of thioether (sulfide) groups is 1. The minimum Gasteiger partial charge on any atom is -0.304 e. The topological polar surface area (TPSA) is 90.4 Å². The Labute approximate surface area is 240 Å². The summed E-state index contributed by atoms with van der Waals surface area (Å²) in [5.74, 6) is -1.77.